The van der Waals surface area contributed by atoms with Gasteiger partial charge in [0.15, 0.2) is 0 Å². The highest BCUT2D eigenvalue weighted by atomic mass is 15.1. The summed E-state index contributed by atoms with van der Waals surface area (Å²) in [4.78, 5) is 2.43. The average molecular weight is 839 g/mol. The lowest BCUT2D eigenvalue weighted by molar-refractivity contribution is 1.17. The van der Waals surface area contributed by atoms with E-state index in [9.17, 15) is 0 Å². The van der Waals surface area contributed by atoms with Crippen molar-refractivity contribution in [2.45, 2.75) is 0 Å². The van der Waals surface area contributed by atoms with Crippen LogP contribution < -0.4 is 4.90 Å². The lowest BCUT2D eigenvalue weighted by atomic mass is 9.91. The molecule has 0 bridgehead atoms. The molecule has 1 heterocycles. The van der Waals surface area contributed by atoms with Gasteiger partial charge in [0, 0.05) is 33.4 Å². The molecule has 0 unspecified atom stereocenters. The number of para-hydroxylation sites is 1. The average Bonchev–Trinajstić information content (AvgIpc) is 3.71. The van der Waals surface area contributed by atoms with E-state index in [0.29, 0.717) is 0 Å². The van der Waals surface area contributed by atoms with E-state index in [1.807, 2.05) is 0 Å². The molecular formula is C64H42N2. The van der Waals surface area contributed by atoms with Crippen molar-refractivity contribution in [1.29, 1.82) is 0 Å². The molecule has 0 radical (unpaired) electrons. The molecule has 0 spiro atoms. The standard InChI is InChI=1S/C64H42N2/c1-3-15-43(16-4-1)49-30-38-63(59(39-49)44-17-5-2-6-18-44)65(51-33-35-52(36-34-51)66-62-26-14-13-25-57(62)61-40-47-20-7-8-21-48(47)41-64(61)66)50-31-27-46(28-32-50)58-42-60-53-22-10-9-19-45(53)29-37-56(60)54-23-11-12-24-55(54)58/h1-42H. The lowest BCUT2D eigenvalue weighted by Gasteiger charge is -2.29. The normalized spacial score (nSPS) is 11.6. The maximum atomic E-state index is 2.43. The van der Waals surface area contributed by atoms with Gasteiger partial charge in [0.25, 0.3) is 0 Å². The summed E-state index contributed by atoms with van der Waals surface area (Å²) in [6, 6.07) is 93.4. The van der Waals surface area contributed by atoms with Crippen LogP contribution in [0, 0.1) is 0 Å². The zero-order chi connectivity index (χ0) is 43.6. The first-order chi connectivity index (χ1) is 32.7. The van der Waals surface area contributed by atoms with Crippen LogP contribution in [-0.4, -0.2) is 4.57 Å². The second kappa shape index (κ2) is 15.5. The fraction of sp³-hybridized carbons (Fsp3) is 0. The highest BCUT2D eigenvalue weighted by Gasteiger charge is 2.21. The van der Waals surface area contributed by atoms with Crippen molar-refractivity contribution in [2.75, 3.05) is 4.90 Å². The molecule has 0 aliphatic heterocycles. The van der Waals surface area contributed by atoms with E-state index in [1.54, 1.807) is 0 Å². The summed E-state index contributed by atoms with van der Waals surface area (Å²) in [5, 5.41) is 12.6. The number of fused-ring (bicyclic) bond motifs is 9. The van der Waals surface area contributed by atoms with E-state index in [2.05, 4.69) is 264 Å². The van der Waals surface area contributed by atoms with Crippen LogP contribution in [0.4, 0.5) is 17.1 Å². The zero-order valence-corrected chi connectivity index (χ0v) is 36.1. The minimum atomic E-state index is 1.07. The summed E-state index contributed by atoms with van der Waals surface area (Å²) < 4.78 is 2.42. The molecule has 0 atom stereocenters. The first kappa shape index (κ1) is 37.8. The Morgan fingerprint density at radius 2 is 0.803 bits per heavy atom. The third kappa shape index (κ3) is 6.26. The van der Waals surface area contributed by atoms with Crippen LogP contribution in [0.2, 0.25) is 0 Å². The van der Waals surface area contributed by atoms with E-state index < -0.39 is 0 Å². The Hall–Kier alpha value is -8.72. The van der Waals surface area contributed by atoms with Crippen molar-refractivity contribution in [3.63, 3.8) is 0 Å². The summed E-state index contributed by atoms with van der Waals surface area (Å²) in [6.07, 6.45) is 0. The molecule has 13 aromatic rings. The third-order valence-electron chi connectivity index (χ3n) is 13.5. The molecule has 12 aromatic carbocycles. The maximum absolute atomic E-state index is 2.43. The lowest BCUT2D eigenvalue weighted by Crippen LogP contribution is -2.11. The van der Waals surface area contributed by atoms with Gasteiger partial charge in [0.2, 0.25) is 0 Å². The molecule has 0 aliphatic carbocycles. The third-order valence-corrected chi connectivity index (χ3v) is 13.5. The van der Waals surface area contributed by atoms with E-state index in [-0.39, 0.29) is 0 Å². The topological polar surface area (TPSA) is 8.17 Å². The number of hydrogen-bond acceptors (Lipinski definition) is 1. The number of rotatable bonds is 7. The summed E-state index contributed by atoms with van der Waals surface area (Å²) in [5.74, 6) is 0. The first-order valence-corrected chi connectivity index (χ1v) is 22.7. The van der Waals surface area contributed by atoms with Gasteiger partial charge in [-0.2, -0.15) is 0 Å². The molecule has 0 fully saturated rings. The summed E-state index contributed by atoms with van der Waals surface area (Å²) in [5.41, 5.74) is 13.9. The Morgan fingerprint density at radius 1 is 0.258 bits per heavy atom. The molecule has 0 aliphatic rings. The van der Waals surface area contributed by atoms with Crippen molar-refractivity contribution in [1.82, 2.24) is 4.57 Å². The van der Waals surface area contributed by atoms with Gasteiger partial charge in [-0.3, -0.25) is 0 Å². The van der Waals surface area contributed by atoms with Crippen LogP contribution in [0.1, 0.15) is 0 Å². The Morgan fingerprint density at radius 3 is 1.55 bits per heavy atom. The van der Waals surface area contributed by atoms with Crippen LogP contribution in [0.5, 0.6) is 0 Å². The van der Waals surface area contributed by atoms with E-state index in [4.69, 9.17) is 0 Å². The molecule has 1 aromatic heterocycles. The van der Waals surface area contributed by atoms with Gasteiger partial charge >= 0.3 is 0 Å². The fourth-order valence-corrected chi connectivity index (χ4v) is 10.4. The summed E-state index contributed by atoms with van der Waals surface area (Å²) >= 11 is 0. The quantitative estimate of drug-likeness (QED) is 0.145. The number of nitrogens with zero attached hydrogens (tertiary/aromatic N) is 2. The van der Waals surface area contributed by atoms with Gasteiger partial charge < -0.3 is 9.47 Å². The zero-order valence-electron chi connectivity index (χ0n) is 36.1. The van der Waals surface area contributed by atoms with Gasteiger partial charge in [0.05, 0.1) is 16.7 Å². The Labute approximate surface area is 383 Å². The molecule has 2 nitrogen and oxygen atoms in total. The maximum Gasteiger partial charge on any atom is 0.0547 e. The van der Waals surface area contributed by atoms with Gasteiger partial charge in [0.1, 0.15) is 0 Å². The molecular weight excluding hydrogens is 797 g/mol. The summed E-state index contributed by atoms with van der Waals surface area (Å²) in [6.45, 7) is 0. The van der Waals surface area contributed by atoms with Crippen LogP contribution in [0.25, 0.3) is 104 Å². The molecule has 0 saturated heterocycles. The number of benzene rings is 12. The molecule has 0 saturated carbocycles. The predicted molar refractivity (Wildman–Crippen MR) is 282 cm³/mol. The minimum absolute atomic E-state index is 1.07. The van der Waals surface area contributed by atoms with Gasteiger partial charge in [-0.25, -0.2) is 0 Å². The second-order valence-electron chi connectivity index (χ2n) is 17.3. The summed E-state index contributed by atoms with van der Waals surface area (Å²) in [7, 11) is 0. The fourth-order valence-electron chi connectivity index (χ4n) is 10.4. The van der Waals surface area contributed by atoms with Crippen molar-refractivity contribution in [2.24, 2.45) is 0 Å². The van der Waals surface area contributed by atoms with Crippen LogP contribution in [0.3, 0.4) is 0 Å². The van der Waals surface area contributed by atoms with Crippen LogP contribution in [-0.2, 0) is 0 Å². The highest BCUT2D eigenvalue weighted by Crippen LogP contribution is 2.45. The molecule has 0 N–H and O–H groups in total. The monoisotopic (exact) mass is 838 g/mol. The molecule has 0 amide bonds. The second-order valence-corrected chi connectivity index (χ2v) is 17.3. The molecule has 308 valence electrons. The van der Waals surface area contributed by atoms with Crippen molar-refractivity contribution >= 4 is 82.0 Å². The van der Waals surface area contributed by atoms with Crippen molar-refractivity contribution < 1.29 is 0 Å². The van der Waals surface area contributed by atoms with Crippen molar-refractivity contribution in [3.8, 4) is 39.1 Å². The Balaban J connectivity index is 0.995. The highest BCUT2D eigenvalue weighted by molar-refractivity contribution is 6.21. The number of anilines is 3. The molecule has 13 rings (SSSR count). The largest absolute Gasteiger partial charge is 0.310 e. The van der Waals surface area contributed by atoms with Crippen molar-refractivity contribution in [3.05, 3.63) is 255 Å². The Kier molecular flexibility index (Phi) is 8.89. The number of hydrogen-bond donors (Lipinski definition) is 0. The Bertz CT molecular complexity index is 3960. The van der Waals surface area contributed by atoms with Gasteiger partial charge in [-0.15, -0.1) is 0 Å². The molecule has 2 heteroatoms. The minimum Gasteiger partial charge on any atom is -0.310 e. The van der Waals surface area contributed by atoms with E-state index in [1.165, 1.54) is 87.1 Å². The van der Waals surface area contributed by atoms with Gasteiger partial charge in [-0.1, -0.05) is 182 Å². The molecule has 66 heavy (non-hydrogen) atoms. The smallest absolute Gasteiger partial charge is 0.0547 e. The van der Waals surface area contributed by atoms with Crippen LogP contribution >= 0.6 is 0 Å². The predicted octanol–water partition coefficient (Wildman–Crippen LogP) is 17.9. The SMILES string of the molecule is c1ccc(-c2ccc(N(c3ccc(-c4cc5c6ccccc6ccc5c5ccccc45)cc3)c3ccc(-n4c5ccccc5c5cc6ccccc6cc54)cc3)c(-c3ccccc3)c2)cc1. The van der Waals surface area contributed by atoms with E-state index in [0.717, 1.165) is 33.9 Å². The van der Waals surface area contributed by atoms with Gasteiger partial charge in [-0.05, 0) is 144 Å². The van der Waals surface area contributed by atoms with Crippen LogP contribution in [0.15, 0.2) is 255 Å². The van der Waals surface area contributed by atoms with E-state index >= 15 is 0 Å². The number of aromatic nitrogens is 1. The first-order valence-electron chi connectivity index (χ1n) is 22.7.